The first-order valence-electron chi connectivity index (χ1n) is 6.98. The molecule has 112 valence electrons. The highest BCUT2D eigenvalue weighted by molar-refractivity contribution is 5.90. The molecule has 0 radical (unpaired) electrons. The zero-order chi connectivity index (χ0) is 14.6. The van der Waals surface area contributed by atoms with Crippen LogP contribution in [0.3, 0.4) is 0 Å². The first kappa shape index (κ1) is 16.5. The number of amides is 1. The maximum atomic E-state index is 11.7. The Morgan fingerprint density at radius 2 is 1.95 bits per heavy atom. The molecule has 0 heterocycles. The molecule has 1 aromatic carbocycles. The van der Waals surface area contributed by atoms with E-state index in [1.165, 1.54) is 0 Å². The minimum Gasteiger partial charge on any atom is -0.494 e. The summed E-state index contributed by atoms with van der Waals surface area (Å²) in [4.78, 5) is 11.7. The van der Waals surface area contributed by atoms with E-state index in [2.05, 4.69) is 10.6 Å². The Morgan fingerprint density at radius 3 is 2.60 bits per heavy atom. The molecule has 0 aliphatic heterocycles. The van der Waals surface area contributed by atoms with Gasteiger partial charge in [0.2, 0.25) is 5.91 Å². The Balaban J connectivity index is 2.18. The molecule has 0 spiro atoms. The van der Waals surface area contributed by atoms with Crippen LogP contribution >= 0.6 is 0 Å². The fourth-order valence-corrected chi connectivity index (χ4v) is 1.69. The maximum Gasteiger partial charge on any atom is 0.225 e. The summed E-state index contributed by atoms with van der Waals surface area (Å²) in [7, 11) is 1.68. The predicted octanol–water partition coefficient (Wildman–Crippen LogP) is 2.04. The molecule has 5 heteroatoms. The molecule has 1 aromatic rings. The molecule has 2 N–H and O–H groups in total. The van der Waals surface area contributed by atoms with Crippen LogP contribution in [0.5, 0.6) is 5.75 Å². The van der Waals surface area contributed by atoms with Gasteiger partial charge in [-0.15, -0.1) is 0 Å². The summed E-state index contributed by atoms with van der Waals surface area (Å²) in [5, 5.41) is 6.06. The summed E-state index contributed by atoms with van der Waals surface area (Å²) in [6.45, 7) is 4.86. The third kappa shape index (κ3) is 7.11. The molecule has 0 atom stereocenters. The highest BCUT2D eigenvalue weighted by atomic mass is 16.5. The van der Waals surface area contributed by atoms with Gasteiger partial charge in [-0.25, -0.2) is 0 Å². The Morgan fingerprint density at radius 1 is 1.20 bits per heavy atom. The molecule has 0 bridgehead atoms. The number of benzene rings is 1. The van der Waals surface area contributed by atoms with Gasteiger partial charge >= 0.3 is 0 Å². The van der Waals surface area contributed by atoms with Crippen molar-refractivity contribution in [2.24, 2.45) is 0 Å². The third-order valence-electron chi connectivity index (χ3n) is 2.68. The fourth-order valence-electron chi connectivity index (χ4n) is 1.69. The van der Waals surface area contributed by atoms with Crippen LogP contribution in [-0.4, -0.2) is 39.3 Å². The summed E-state index contributed by atoms with van der Waals surface area (Å²) < 4.78 is 10.3. The Kier molecular flexibility index (Phi) is 8.42. The molecule has 0 saturated heterocycles. The zero-order valence-corrected chi connectivity index (χ0v) is 12.3. The molecule has 0 unspecified atom stereocenters. The van der Waals surface area contributed by atoms with E-state index in [1.807, 2.05) is 31.2 Å². The van der Waals surface area contributed by atoms with Gasteiger partial charge in [0.25, 0.3) is 0 Å². The molecule has 0 fully saturated rings. The van der Waals surface area contributed by atoms with Crippen molar-refractivity contribution >= 4 is 11.6 Å². The molecular formula is C15H24N2O3. The molecule has 0 aliphatic carbocycles. The summed E-state index contributed by atoms with van der Waals surface area (Å²) >= 11 is 0. The predicted molar refractivity (Wildman–Crippen MR) is 80.2 cm³/mol. The van der Waals surface area contributed by atoms with Gasteiger partial charge in [0.05, 0.1) is 6.61 Å². The number of carbonyl (C=O) groups excluding carboxylic acids is 1. The average molecular weight is 280 g/mol. The molecule has 1 amide bonds. The van der Waals surface area contributed by atoms with Gasteiger partial charge in [-0.2, -0.15) is 0 Å². The van der Waals surface area contributed by atoms with Crippen LogP contribution in [0.2, 0.25) is 0 Å². The van der Waals surface area contributed by atoms with Crippen LogP contribution in [0.1, 0.15) is 19.8 Å². The molecule has 20 heavy (non-hydrogen) atoms. The Bertz CT molecular complexity index is 379. The molecule has 0 aromatic heterocycles. The van der Waals surface area contributed by atoms with Crippen LogP contribution in [-0.2, 0) is 9.53 Å². The van der Waals surface area contributed by atoms with Gasteiger partial charge < -0.3 is 20.1 Å². The van der Waals surface area contributed by atoms with Crippen molar-refractivity contribution in [1.82, 2.24) is 5.32 Å². The summed E-state index contributed by atoms with van der Waals surface area (Å²) in [6, 6.07) is 7.38. The monoisotopic (exact) mass is 280 g/mol. The van der Waals surface area contributed by atoms with E-state index in [0.29, 0.717) is 19.6 Å². The largest absolute Gasteiger partial charge is 0.494 e. The minimum atomic E-state index is 0.00778. The number of hydrogen-bond acceptors (Lipinski definition) is 4. The lowest BCUT2D eigenvalue weighted by Gasteiger charge is -2.08. The second kappa shape index (κ2) is 10.2. The van der Waals surface area contributed by atoms with E-state index in [4.69, 9.17) is 9.47 Å². The normalized spacial score (nSPS) is 10.3. The van der Waals surface area contributed by atoms with Crippen molar-refractivity contribution in [2.45, 2.75) is 19.8 Å². The lowest BCUT2D eigenvalue weighted by molar-refractivity contribution is -0.116. The lowest BCUT2D eigenvalue weighted by atomic mass is 10.3. The van der Waals surface area contributed by atoms with Crippen molar-refractivity contribution in [2.75, 3.05) is 38.7 Å². The van der Waals surface area contributed by atoms with Crippen LogP contribution < -0.4 is 15.4 Å². The average Bonchev–Trinajstić information content (AvgIpc) is 2.45. The fraction of sp³-hybridized carbons (Fsp3) is 0.533. The quantitative estimate of drug-likeness (QED) is 0.644. The van der Waals surface area contributed by atoms with Crippen molar-refractivity contribution in [3.8, 4) is 5.75 Å². The minimum absolute atomic E-state index is 0.00778. The van der Waals surface area contributed by atoms with Crippen molar-refractivity contribution < 1.29 is 14.3 Å². The van der Waals surface area contributed by atoms with E-state index in [-0.39, 0.29) is 5.91 Å². The molecular weight excluding hydrogens is 256 g/mol. The maximum absolute atomic E-state index is 11.7. The number of hydrogen-bond donors (Lipinski definition) is 2. The number of nitrogens with one attached hydrogen (secondary N) is 2. The number of ether oxygens (including phenoxy) is 2. The van der Waals surface area contributed by atoms with Crippen LogP contribution in [0.15, 0.2) is 24.3 Å². The molecule has 5 nitrogen and oxygen atoms in total. The van der Waals surface area contributed by atoms with Gasteiger partial charge in [-0.05, 0) is 44.2 Å². The van der Waals surface area contributed by atoms with E-state index in [0.717, 1.165) is 31.0 Å². The van der Waals surface area contributed by atoms with Gasteiger partial charge in [-0.1, -0.05) is 0 Å². The van der Waals surface area contributed by atoms with Gasteiger partial charge in [-0.3, -0.25) is 4.79 Å². The topological polar surface area (TPSA) is 59.6 Å². The van der Waals surface area contributed by atoms with Crippen molar-refractivity contribution in [3.05, 3.63) is 24.3 Å². The summed E-state index contributed by atoms with van der Waals surface area (Å²) in [5.74, 6) is 0.818. The summed E-state index contributed by atoms with van der Waals surface area (Å²) in [6.07, 6.45) is 1.41. The molecule has 0 saturated carbocycles. The number of anilines is 1. The van der Waals surface area contributed by atoms with Crippen molar-refractivity contribution in [3.63, 3.8) is 0 Å². The van der Waals surface area contributed by atoms with Crippen molar-refractivity contribution in [1.29, 1.82) is 0 Å². The molecule has 0 aliphatic rings. The van der Waals surface area contributed by atoms with Gasteiger partial charge in [0.1, 0.15) is 5.75 Å². The van der Waals surface area contributed by atoms with E-state index in [1.54, 1.807) is 7.11 Å². The first-order valence-corrected chi connectivity index (χ1v) is 6.98. The van der Waals surface area contributed by atoms with E-state index >= 15 is 0 Å². The van der Waals surface area contributed by atoms with E-state index in [9.17, 15) is 4.79 Å². The highest BCUT2D eigenvalue weighted by Gasteiger charge is 2.02. The Hall–Kier alpha value is -1.59. The second-order valence-corrected chi connectivity index (χ2v) is 4.35. The van der Waals surface area contributed by atoms with Gasteiger partial charge in [0.15, 0.2) is 0 Å². The van der Waals surface area contributed by atoms with Crippen LogP contribution in [0.4, 0.5) is 5.69 Å². The summed E-state index contributed by atoms with van der Waals surface area (Å²) in [5.41, 5.74) is 0.790. The van der Waals surface area contributed by atoms with Crippen LogP contribution in [0.25, 0.3) is 0 Å². The van der Waals surface area contributed by atoms with Crippen LogP contribution in [0, 0.1) is 0 Å². The third-order valence-corrected chi connectivity index (χ3v) is 2.68. The molecule has 1 rings (SSSR count). The smallest absolute Gasteiger partial charge is 0.225 e. The second-order valence-electron chi connectivity index (χ2n) is 4.35. The Labute approximate surface area is 120 Å². The SMILES string of the molecule is CCOc1ccc(NC(=O)CCNCCCOC)cc1. The van der Waals surface area contributed by atoms with Gasteiger partial charge in [0, 0.05) is 32.4 Å². The number of methoxy groups -OCH3 is 1. The van der Waals surface area contributed by atoms with E-state index < -0.39 is 0 Å². The zero-order valence-electron chi connectivity index (χ0n) is 12.3. The highest BCUT2D eigenvalue weighted by Crippen LogP contribution is 2.15. The number of rotatable bonds is 10. The lowest BCUT2D eigenvalue weighted by Crippen LogP contribution is -2.23. The first-order chi connectivity index (χ1) is 9.76. The standard InChI is InChI=1S/C15H24N2O3/c1-3-20-14-7-5-13(6-8-14)17-15(18)9-11-16-10-4-12-19-2/h5-8,16H,3-4,9-12H2,1-2H3,(H,17,18). The number of carbonyl (C=O) groups is 1.